The van der Waals surface area contributed by atoms with Gasteiger partial charge in [0.05, 0.1) is 17.4 Å². The van der Waals surface area contributed by atoms with E-state index in [1.165, 1.54) is 12.1 Å². The van der Waals surface area contributed by atoms with Gasteiger partial charge in [0, 0.05) is 12.7 Å². The SMILES string of the molecule is Cc1ccc(-c2nn(-c3ccccc3)cc2C(=O)NCC(O)c2ccc(OC(F)(F)F)cc2)o1. The zero-order valence-corrected chi connectivity index (χ0v) is 17.9. The molecule has 1 unspecified atom stereocenters. The summed E-state index contributed by atoms with van der Waals surface area (Å²) in [7, 11) is 0. The van der Waals surface area contributed by atoms with Gasteiger partial charge in [0.25, 0.3) is 5.91 Å². The normalized spacial score (nSPS) is 12.4. The van der Waals surface area contributed by atoms with Crippen molar-refractivity contribution in [2.24, 2.45) is 0 Å². The largest absolute Gasteiger partial charge is 0.573 e. The third kappa shape index (κ3) is 5.46. The van der Waals surface area contributed by atoms with Gasteiger partial charge in [-0.1, -0.05) is 30.3 Å². The van der Waals surface area contributed by atoms with Crippen LogP contribution in [0.25, 0.3) is 17.1 Å². The van der Waals surface area contributed by atoms with E-state index in [2.05, 4.69) is 15.2 Å². The Bertz CT molecular complexity index is 1260. The number of ether oxygens (including phenoxy) is 1. The number of aliphatic hydroxyl groups excluding tert-OH is 1. The van der Waals surface area contributed by atoms with E-state index in [0.717, 1.165) is 17.8 Å². The smallest absolute Gasteiger partial charge is 0.460 e. The third-order valence-corrected chi connectivity index (χ3v) is 4.91. The van der Waals surface area contributed by atoms with Crippen molar-refractivity contribution in [2.75, 3.05) is 6.54 Å². The third-order valence-electron chi connectivity index (χ3n) is 4.91. The molecule has 2 aromatic heterocycles. The van der Waals surface area contributed by atoms with Crippen LogP contribution in [0.3, 0.4) is 0 Å². The van der Waals surface area contributed by atoms with Crippen molar-refractivity contribution in [1.82, 2.24) is 15.1 Å². The van der Waals surface area contributed by atoms with Crippen LogP contribution in [0, 0.1) is 6.92 Å². The number of amides is 1. The number of aromatic nitrogens is 2. The number of carbonyl (C=O) groups is 1. The van der Waals surface area contributed by atoms with Crippen LogP contribution >= 0.6 is 0 Å². The molecule has 2 N–H and O–H groups in total. The van der Waals surface area contributed by atoms with E-state index in [1.54, 1.807) is 29.9 Å². The number of furan rings is 1. The van der Waals surface area contributed by atoms with Crippen LogP contribution in [0.15, 0.2) is 77.3 Å². The highest BCUT2D eigenvalue weighted by Crippen LogP contribution is 2.27. The summed E-state index contributed by atoms with van der Waals surface area (Å²) in [4.78, 5) is 13.0. The van der Waals surface area contributed by atoms with E-state index >= 15 is 0 Å². The quantitative estimate of drug-likeness (QED) is 0.404. The first-order valence-corrected chi connectivity index (χ1v) is 10.2. The average molecular weight is 471 g/mol. The van der Waals surface area contributed by atoms with Crippen LogP contribution in [0.2, 0.25) is 0 Å². The van der Waals surface area contributed by atoms with Crippen LogP contribution < -0.4 is 10.1 Å². The molecule has 2 aromatic carbocycles. The zero-order valence-electron chi connectivity index (χ0n) is 17.9. The molecule has 0 radical (unpaired) electrons. The molecule has 1 amide bonds. The molecule has 0 saturated carbocycles. The van der Waals surface area contributed by atoms with Crippen LogP contribution in [0.1, 0.15) is 27.8 Å². The Morgan fingerprint density at radius 2 is 1.82 bits per heavy atom. The van der Waals surface area contributed by atoms with Gasteiger partial charge in [0.2, 0.25) is 0 Å². The predicted molar refractivity (Wildman–Crippen MR) is 116 cm³/mol. The van der Waals surface area contributed by atoms with E-state index in [-0.39, 0.29) is 12.1 Å². The Kier molecular flexibility index (Phi) is 6.42. The van der Waals surface area contributed by atoms with Gasteiger partial charge in [-0.3, -0.25) is 4.79 Å². The number of halogens is 3. The molecule has 176 valence electrons. The molecule has 0 saturated heterocycles. The van der Waals surface area contributed by atoms with E-state index in [4.69, 9.17) is 4.42 Å². The van der Waals surface area contributed by atoms with Crippen molar-refractivity contribution in [3.8, 4) is 22.9 Å². The number of benzene rings is 2. The summed E-state index contributed by atoms with van der Waals surface area (Å²) in [6.07, 6.45) is -4.39. The van der Waals surface area contributed by atoms with Gasteiger partial charge >= 0.3 is 6.36 Å². The summed E-state index contributed by atoms with van der Waals surface area (Å²) >= 11 is 0. The number of carbonyl (C=O) groups excluding carboxylic acids is 1. The zero-order chi connectivity index (χ0) is 24.3. The minimum absolute atomic E-state index is 0.175. The van der Waals surface area contributed by atoms with E-state index in [0.29, 0.717) is 22.8 Å². The fourth-order valence-corrected chi connectivity index (χ4v) is 3.29. The van der Waals surface area contributed by atoms with Gasteiger partial charge in [-0.25, -0.2) is 4.68 Å². The first-order chi connectivity index (χ1) is 16.2. The molecule has 34 heavy (non-hydrogen) atoms. The number of alkyl halides is 3. The second-order valence-electron chi connectivity index (χ2n) is 7.42. The summed E-state index contributed by atoms with van der Waals surface area (Å²) in [5, 5.41) is 17.5. The molecule has 10 heteroatoms. The first kappa shape index (κ1) is 23.1. The molecule has 7 nitrogen and oxygen atoms in total. The number of nitrogens with zero attached hydrogens (tertiary/aromatic N) is 2. The lowest BCUT2D eigenvalue weighted by molar-refractivity contribution is -0.274. The van der Waals surface area contributed by atoms with Gasteiger partial charge in [-0.15, -0.1) is 13.2 Å². The maximum absolute atomic E-state index is 13.0. The predicted octanol–water partition coefficient (Wildman–Crippen LogP) is 4.80. The summed E-state index contributed by atoms with van der Waals surface area (Å²) in [6, 6.07) is 17.5. The Morgan fingerprint density at radius 1 is 1.12 bits per heavy atom. The number of aliphatic hydroxyl groups is 1. The summed E-state index contributed by atoms with van der Waals surface area (Å²) < 4.78 is 47.9. The number of para-hydroxylation sites is 1. The second-order valence-corrected chi connectivity index (χ2v) is 7.42. The molecule has 0 spiro atoms. The number of aryl methyl sites for hydroxylation is 1. The molecule has 0 aliphatic heterocycles. The summed E-state index contributed by atoms with van der Waals surface area (Å²) in [6.45, 7) is 1.60. The van der Waals surface area contributed by atoms with E-state index < -0.39 is 24.1 Å². The Labute approximate surface area is 192 Å². The number of nitrogens with one attached hydrogen (secondary N) is 1. The lowest BCUT2D eigenvalue weighted by atomic mass is 10.1. The Balaban J connectivity index is 1.50. The molecule has 0 fully saturated rings. The van der Waals surface area contributed by atoms with Crippen LogP contribution in [0.5, 0.6) is 5.75 Å². The number of hydrogen-bond acceptors (Lipinski definition) is 5. The van der Waals surface area contributed by atoms with Gasteiger partial charge < -0.3 is 19.6 Å². The van der Waals surface area contributed by atoms with Crippen LogP contribution in [-0.4, -0.2) is 33.7 Å². The number of hydrogen-bond donors (Lipinski definition) is 2. The minimum atomic E-state index is -4.80. The molecule has 2 heterocycles. The highest BCUT2D eigenvalue weighted by Gasteiger charge is 2.31. The van der Waals surface area contributed by atoms with Crippen molar-refractivity contribution < 1.29 is 32.2 Å². The monoisotopic (exact) mass is 471 g/mol. The highest BCUT2D eigenvalue weighted by atomic mass is 19.4. The van der Waals surface area contributed by atoms with Crippen molar-refractivity contribution in [3.05, 3.63) is 89.8 Å². The van der Waals surface area contributed by atoms with Crippen molar-refractivity contribution in [1.29, 1.82) is 0 Å². The Hall–Kier alpha value is -4.05. The first-order valence-electron chi connectivity index (χ1n) is 10.2. The van der Waals surface area contributed by atoms with Crippen molar-refractivity contribution in [2.45, 2.75) is 19.4 Å². The molecular formula is C24H20F3N3O4. The van der Waals surface area contributed by atoms with Crippen molar-refractivity contribution in [3.63, 3.8) is 0 Å². The molecule has 0 aliphatic rings. The standard InChI is InChI=1S/C24H20F3N3O4/c1-15-7-12-21(33-15)22-19(14-30(29-22)17-5-3-2-4-6-17)23(32)28-13-20(31)16-8-10-18(11-9-16)34-24(25,26)27/h2-12,14,20,31H,13H2,1H3,(H,28,32). The maximum atomic E-state index is 13.0. The lowest BCUT2D eigenvalue weighted by Crippen LogP contribution is -2.28. The maximum Gasteiger partial charge on any atom is 0.573 e. The van der Waals surface area contributed by atoms with Crippen LogP contribution in [0.4, 0.5) is 13.2 Å². The van der Waals surface area contributed by atoms with Crippen molar-refractivity contribution >= 4 is 5.91 Å². The van der Waals surface area contributed by atoms with Crippen LogP contribution in [-0.2, 0) is 0 Å². The molecular weight excluding hydrogens is 451 g/mol. The van der Waals surface area contributed by atoms with E-state index in [1.807, 2.05) is 30.3 Å². The van der Waals surface area contributed by atoms with Gasteiger partial charge in [0.1, 0.15) is 17.2 Å². The highest BCUT2D eigenvalue weighted by molar-refractivity contribution is 5.99. The van der Waals surface area contributed by atoms with E-state index in [9.17, 15) is 23.1 Å². The number of rotatable bonds is 7. The van der Waals surface area contributed by atoms with Gasteiger partial charge in [0.15, 0.2) is 5.76 Å². The molecule has 4 aromatic rings. The molecule has 4 rings (SSSR count). The summed E-state index contributed by atoms with van der Waals surface area (Å²) in [5.74, 6) is 0.170. The molecule has 1 atom stereocenters. The van der Waals surface area contributed by atoms with Gasteiger partial charge in [-0.05, 0) is 48.9 Å². The lowest BCUT2D eigenvalue weighted by Gasteiger charge is -2.13. The molecule has 0 aliphatic carbocycles. The fourth-order valence-electron chi connectivity index (χ4n) is 3.29. The summed E-state index contributed by atoms with van der Waals surface area (Å²) in [5.41, 5.74) is 1.63. The Morgan fingerprint density at radius 3 is 2.44 bits per heavy atom. The van der Waals surface area contributed by atoms with Gasteiger partial charge in [-0.2, -0.15) is 5.10 Å². The molecule has 0 bridgehead atoms. The minimum Gasteiger partial charge on any atom is -0.460 e. The second kappa shape index (κ2) is 9.44. The fraction of sp³-hybridized carbons (Fsp3) is 0.167. The topological polar surface area (TPSA) is 89.5 Å². The average Bonchev–Trinajstić information content (AvgIpc) is 3.44.